The number of aromatic nitrogens is 1. The fraction of sp³-hybridized carbons (Fsp3) is 0.400. The zero-order valence-electron chi connectivity index (χ0n) is 15.4. The van der Waals surface area contributed by atoms with Crippen molar-refractivity contribution in [1.29, 1.82) is 0 Å². The number of pyridine rings is 1. The van der Waals surface area contributed by atoms with Gasteiger partial charge in [-0.25, -0.2) is 4.98 Å². The van der Waals surface area contributed by atoms with Crippen LogP contribution in [0.4, 0.5) is 11.5 Å². The molecule has 6 heteroatoms. The van der Waals surface area contributed by atoms with Gasteiger partial charge in [0, 0.05) is 18.0 Å². The molecule has 138 valence electrons. The third kappa shape index (κ3) is 5.22. The van der Waals surface area contributed by atoms with Crippen LogP contribution in [0.2, 0.25) is 0 Å². The Kier molecular flexibility index (Phi) is 6.16. The predicted octanol–water partition coefficient (Wildman–Crippen LogP) is 3.73. The number of aryl methyl sites for hydroxylation is 1. The molecular weight excluding hydrogens is 346 g/mol. The SMILES string of the molecule is Cc1ccc(SCC(=O)Nc2ccc(N3CC(C)OC(C)C3)nc2)cc1. The first-order chi connectivity index (χ1) is 12.5. The van der Waals surface area contributed by atoms with E-state index in [1.54, 1.807) is 6.20 Å². The molecule has 2 aromatic rings. The molecule has 2 atom stereocenters. The number of hydrogen-bond acceptors (Lipinski definition) is 5. The van der Waals surface area contributed by atoms with Crippen LogP contribution >= 0.6 is 11.8 Å². The fourth-order valence-electron chi connectivity index (χ4n) is 2.99. The summed E-state index contributed by atoms with van der Waals surface area (Å²) in [7, 11) is 0. The van der Waals surface area contributed by atoms with Crippen LogP contribution in [0.1, 0.15) is 19.4 Å². The molecule has 0 aliphatic carbocycles. The quantitative estimate of drug-likeness (QED) is 0.812. The Bertz CT molecular complexity index is 724. The van der Waals surface area contributed by atoms with Crippen LogP contribution in [-0.2, 0) is 9.53 Å². The molecule has 0 spiro atoms. The second-order valence-corrected chi connectivity index (χ2v) is 7.77. The Morgan fingerprint density at radius 3 is 2.50 bits per heavy atom. The number of carbonyl (C=O) groups excluding carboxylic acids is 1. The monoisotopic (exact) mass is 371 g/mol. The van der Waals surface area contributed by atoms with E-state index in [9.17, 15) is 4.79 Å². The molecule has 26 heavy (non-hydrogen) atoms. The van der Waals surface area contributed by atoms with Crippen molar-refractivity contribution in [1.82, 2.24) is 4.98 Å². The number of thioether (sulfide) groups is 1. The smallest absolute Gasteiger partial charge is 0.234 e. The van der Waals surface area contributed by atoms with Gasteiger partial charge < -0.3 is 15.0 Å². The molecule has 1 amide bonds. The first-order valence-corrected chi connectivity index (χ1v) is 9.84. The number of amides is 1. The molecule has 1 aromatic heterocycles. The summed E-state index contributed by atoms with van der Waals surface area (Å²) in [5.41, 5.74) is 1.94. The number of rotatable bonds is 5. The molecular formula is C20H25N3O2S. The summed E-state index contributed by atoms with van der Waals surface area (Å²) < 4.78 is 5.76. The van der Waals surface area contributed by atoms with Crippen molar-refractivity contribution in [2.45, 2.75) is 37.9 Å². The first kappa shape index (κ1) is 18.7. The lowest BCUT2D eigenvalue weighted by Gasteiger charge is -2.36. The molecule has 1 aromatic carbocycles. The summed E-state index contributed by atoms with van der Waals surface area (Å²) in [6.45, 7) is 7.86. The van der Waals surface area contributed by atoms with Gasteiger partial charge in [-0.1, -0.05) is 17.7 Å². The highest BCUT2D eigenvalue weighted by molar-refractivity contribution is 8.00. The average molecular weight is 372 g/mol. The Balaban J connectivity index is 1.52. The van der Waals surface area contributed by atoms with Gasteiger partial charge in [-0.15, -0.1) is 11.8 Å². The van der Waals surface area contributed by atoms with Gasteiger partial charge in [-0.05, 0) is 45.0 Å². The summed E-state index contributed by atoms with van der Waals surface area (Å²) in [4.78, 5) is 20.0. The van der Waals surface area contributed by atoms with E-state index in [4.69, 9.17) is 4.74 Å². The topological polar surface area (TPSA) is 54.5 Å². The van der Waals surface area contributed by atoms with Gasteiger partial charge in [-0.3, -0.25) is 4.79 Å². The largest absolute Gasteiger partial charge is 0.372 e. The number of benzene rings is 1. The van der Waals surface area contributed by atoms with Crippen LogP contribution < -0.4 is 10.2 Å². The molecule has 5 nitrogen and oxygen atoms in total. The van der Waals surface area contributed by atoms with Crippen molar-refractivity contribution < 1.29 is 9.53 Å². The van der Waals surface area contributed by atoms with Gasteiger partial charge >= 0.3 is 0 Å². The third-order valence-corrected chi connectivity index (χ3v) is 5.18. The van der Waals surface area contributed by atoms with Gasteiger partial charge in [0.05, 0.1) is 29.8 Å². The van der Waals surface area contributed by atoms with Crippen molar-refractivity contribution >= 4 is 29.2 Å². The highest BCUT2D eigenvalue weighted by Gasteiger charge is 2.23. The maximum atomic E-state index is 12.1. The molecule has 1 saturated heterocycles. The van der Waals surface area contributed by atoms with E-state index in [1.165, 1.54) is 17.3 Å². The van der Waals surface area contributed by atoms with Crippen LogP contribution in [0, 0.1) is 6.92 Å². The molecule has 3 rings (SSSR count). The summed E-state index contributed by atoms with van der Waals surface area (Å²) in [5, 5.41) is 2.91. The molecule has 1 aliphatic rings. The summed E-state index contributed by atoms with van der Waals surface area (Å²) in [5.74, 6) is 1.27. The van der Waals surface area contributed by atoms with E-state index < -0.39 is 0 Å². The van der Waals surface area contributed by atoms with Crippen LogP contribution in [0.15, 0.2) is 47.5 Å². The van der Waals surface area contributed by atoms with Crippen LogP contribution in [0.3, 0.4) is 0 Å². The summed E-state index contributed by atoms with van der Waals surface area (Å²) in [6, 6.07) is 12.0. The van der Waals surface area contributed by atoms with Gasteiger partial charge in [0.25, 0.3) is 0 Å². The number of nitrogens with zero attached hydrogens (tertiary/aromatic N) is 2. The normalized spacial score (nSPS) is 20.0. The maximum Gasteiger partial charge on any atom is 0.234 e. The Morgan fingerprint density at radius 2 is 1.88 bits per heavy atom. The van der Waals surface area contributed by atoms with E-state index in [2.05, 4.69) is 48.1 Å². The zero-order chi connectivity index (χ0) is 18.5. The highest BCUT2D eigenvalue weighted by atomic mass is 32.2. The van der Waals surface area contributed by atoms with Crippen molar-refractivity contribution in [3.8, 4) is 0 Å². The lowest BCUT2D eigenvalue weighted by atomic mass is 10.2. The van der Waals surface area contributed by atoms with Gasteiger partial charge in [0.2, 0.25) is 5.91 Å². The van der Waals surface area contributed by atoms with Gasteiger partial charge in [0.15, 0.2) is 0 Å². The van der Waals surface area contributed by atoms with E-state index in [-0.39, 0.29) is 18.1 Å². The fourth-order valence-corrected chi connectivity index (χ4v) is 3.69. The van der Waals surface area contributed by atoms with Crippen molar-refractivity contribution in [3.05, 3.63) is 48.2 Å². The standard InChI is InChI=1S/C20H25N3O2S/c1-14-4-7-18(8-5-14)26-13-20(24)22-17-6-9-19(21-10-17)23-11-15(2)25-16(3)12-23/h4-10,15-16H,11-13H2,1-3H3,(H,22,24). The number of nitrogens with one attached hydrogen (secondary N) is 1. The second kappa shape index (κ2) is 8.56. The summed E-state index contributed by atoms with van der Waals surface area (Å²) >= 11 is 1.53. The molecule has 1 N–H and O–H groups in total. The van der Waals surface area contributed by atoms with E-state index in [0.29, 0.717) is 5.75 Å². The minimum Gasteiger partial charge on any atom is -0.372 e. The van der Waals surface area contributed by atoms with E-state index in [1.807, 2.05) is 24.3 Å². The van der Waals surface area contributed by atoms with Crippen LogP contribution in [0.5, 0.6) is 0 Å². The van der Waals surface area contributed by atoms with Crippen molar-refractivity contribution in [3.63, 3.8) is 0 Å². The lowest BCUT2D eigenvalue weighted by molar-refractivity contribution is -0.113. The third-order valence-electron chi connectivity index (χ3n) is 4.17. The minimum absolute atomic E-state index is 0.0289. The Hall–Kier alpha value is -2.05. The summed E-state index contributed by atoms with van der Waals surface area (Å²) in [6.07, 6.45) is 2.10. The van der Waals surface area contributed by atoms with Crippen molar-refractivity contribution in [2.75, 3.05) is 29.1 Å². The lowest BCUT2D eigenvalue weighted by Crippen LogP contribution is -2.45. The number of carbonyl (C=O) groups is 1. The number of anilines is 2. The zero-order valence-corrected chi connectivity index (χ0v) is 16.3. The first-order valence-electron chi connectivity index (χ1n) is 8.85. The second-order valence-electron chi connectivity index (χ2n) is 6.72. The number of morpholine rings is 1. The van der Waals surface area contributed by atoms with Crippen molar-refractivity contribution in [2.24, 2.45) is 0 Å². The molecule has 2 unspecified atom stereocenters. The molecule has 0 radical (unpaired) electrons. The molecule has 0 bridgehead atoms. The van der Waals surface area contributed by atoms with Gasteiger partial charge in [-0.2, -0.15) is 0 Å². The Labute approximate surface area is 159 Å². The molecule has 2 heterocycles. The van der Waals surface area contributed by atoms with Crippen LogP contribution in [0.25, 0.3) is 0 Å². The predicted molar refractivity (Wildman–Crippen MR) is 107 cm³/mol. The molecule has 1 fully saturated rings. The average Bonchev–Trinajstić information content (AvgIpc) is 2.61. The van der Waals surface area contributed by atoms with Crippen LogP contribution in [-0.4, -0.2) is 41.9 Å². The minimum atomic E-state index is -0.0289. The Morgan fingerprint density at radius 1 is 1.19 bits per heavy atom. The maximum absolute atomic E-state index is 12.1. The number of ether oxygens (including phenoxy) is 1. The number of hydrogen-bond donors (Lipinski definition) is 1. The highest BCUT2D eigenvalue weighted by Crippen LogP contribution is 2.21. The van der Waals surface area contributed by atoms with E-state index in [0.717, 1.165) is 29.5 Å². The molecule has 1 aliphatic heterocycles. The van der Waals surface area contributed by atoms with E-state index >= 15 is 0 Å². The van der Waals surface area contributed by atoms with Gasteiger partial charge in [0.1, 0.15) is 5.82 Å². The molecule has 0 saturated carbocycles.